The molecule has 4 nitrogen and oxygen atoms in total. The summed E-state index contributed by atoms with van der Waals surface area (Å²) in [6.45, 7) is 0.435. The molecule has 0 saturated heterocycles. The fourth-order valence-corrected chi connectivity index (χ4v) is 3.40. The lowest BCUT2D eigenvalue weighted by Crippen LogP contribution is -2.24. The van der Waals surface area contributed by atoms with Crippen LogP contribution in [0.3, 0.4) is 0 Å². The van der Waals surface area contributed by atoms with E-state index in [0.717, 1.165) is 10.5 Å². The molecule has 3 aromatic rings. The molecule has 3 aromatic carbocycles. The third-order valence-corrected chi connectivity index (χ3v) is 4.99. The van der Waals surface area contributed by atoms with Gasteiger partial charge < -0.3 is 14.8 Å². The number of thioether (sulfide) groups is 1. The monoisotopic (exact) mass is 367 g/mol. The number of amides is 1. The van der Waals surface area contributed by atoms with Crippen LogP contribution in [0.1, 0.15) is 5.56 Å². The van der Waals surface area contributed by atoms with E-state index in [4.69, 9.17) is 9.47 Å². The summed E-state index contributed by atoms with van der Waals surface area (Å²) in [5.74, 6) is 1.78. The van der Waals surface area contributed by atoms with Crippen molar-refractivity contribution in [3.05, 3.63) is 66.2 Å². The van der Waals surface area contributed by atoms with Crippen LogP contribution in [0.15, 0.2) is 65.6 Å². The van der Waals surface area contributed by atoms with Crippen molar-refractivity contribution in [2.45, 2.75) is 11.4 Å². The van der Waals surface area contributed by atoms with Crippen LogP contribution in [-0.2, 0) is 11.3 Å². The zero-order valence-corrected chi connectivity index (χ0v) is 15.6. The van der Waals surface area contributed by atoms with Crippen LogP contribution < -0.4 is 14.8 Å². The molecule has 0 aliphatic heterocycles. The number of ether oxygens (including phenoxy) is 2. The summed E-state index contributed by atoms with van der Waals surface area (Å²) < 4.78 is 10.5. The molecule has 0 aliphatic rings. The first-order valence-corrected chi connectivity index (χ1v) is 9.27. The van der Waals surface area contributed by atoms with E-state index in [0.29, 0.717) is 23.8 Å². The van der Waals surface area contributed by atoms with Crippen LogP contribution in [0.4, 0.5) is 0 Å². The van der Waals surface area contributed by atoms with Crippen LogP contribution in [-0.4, -0.2) is 25.9 Å². The van der Waals surface area contributed by atoms with Crippen molar-refractivity contribution in [1.82, 2.24) is 5.32 Å². The summed E-state index contributed by atoms with van der Waals surface area (Å²) in [7, 11) is 3.22. The standard InChI is InChI=1S/C21H21NO3S/c1-24-18-9-15(10-19(12-18)25-2)13-22-21(23)14-26-20-8-7-16-5-3-4-6-17(16)11-20/h3-12H,13-14H2,1-2H3,(H,22,23). The van der Waals surface area contributed by atoms with Gasteiger partial charge in [-0.1, -0.05) is 30.3 Å². The molecule has 134 valence electrons. The molecule has 5 heteroatoms. The maximum absolute atomic E-state index is 12.2. The van der Waals surface area contributed by atoms with Gasteiger partial charge in [-0.05, 0) is 40.6 Å². The average molecular weight is 367 g/mol. The first-order chi connectivity index (χ1) is 12.7. The zero-order chi connectivity index (χ0) is 18.4. The molecule has 0 radical (unpaired) electrons. The third-order valence-electron chi connectivity index (χ3n) is 3.99. The van der Waals surface area contributed by atoms with Gasteiger partial charge in [-0.15, -0.1) is 11.8 Å². The minimum absolute atomic E-state index is 0.00931. The van der Waals surface area contributed by atoms with E-state index in [2.05, 4.69) is 29.6 Å². The van der Waals surface area contributed by atoms with E-state index in [1.807, 2.05) is 30.3 Å². The molecule has 3 rings (SSSR count). The predicted octanol–water partition coefficient (Wildman–Crippen LogP) is 4.27. The van der Waals surface area contributed by atoms with Crippen molar-refractivity contribution in [2.24, 2.45) is 0 Å². The summed E-state index contributed by atoms with van der Waals surface area (Å²) in [6.07, 6.45) is 0. The highest BCUT2D eigenvalue weighted by atomic mass is 32.2. The number of fused-ring (bicyclic) bond motifs is 1. The van der Waals surface area contributed by atoms with Gasteiger partial charge in [0, 0.05) is 17.5 Å². The maximum atomic E-state index is 12.2. The Morgan fingerprint density at radius 2 is 1.62 bits per heavy atom. The molecule has 0 spiro atoms. The van der Waals surface area contributed by atoms with Crippen molar-refractivity contribution in [2.75, 3.05) is 20.0 Å². The SMILES string of the molecule is COc1cc(CNC(=O)CSc2ccc3ccccc3c2)cc(OC)c1. The lowest BCUT2D eigenvalue weighted by Gasteiger charge is -2.10. The Morgan fingerprint density at radius 1 is 0.923 bits per heavy atom. The minimum Gasteiger partial charge on any atom is -0.497 e. The summed E-state index contributed by atoms with van der Waals surface area (Å²) in [5.41, 5.74) is 0.935. The van der Waals surface area contributed by atoms with Crippen molar-refractivity contribution in [3.63, 3.8) is 0 Å². The van der Waals surface area contributed by atoms with E-state index >= 15 is 0 Å². The second-order valence-electron chi connectivity index (χ2n) is 5.80. The second-order valence-corrected chi connectivity index (χ2v) is 6.84. The van der Waals surface area contributed by atoms with Crippen LogP contribution in [0.5, 0.6) is 11.5 Å². The smallest absolute Gasteiger partial charge is 0.230 e. The van der Waals surface area contributed by atoms with Crippen LogP contribution in [0, 0.1) is 0 Å². The van der Waals surface area contributed by atoms with Crippen molar-refractivity contribution < 1.29 is 14.3 Å². The molecule has 0 bridgehead atoms. The minimum atomic E-state index is -0.00931. The summed E-state index contributed by atoms with van der Waals surface area (Å²) >= 11 is 1.53. The largest absolute Gasteiger partial charge is 0.497 e. The fourth-order valence-electron chi connectivity index (χ4n) is 2.63. The number of hydrogen-bond donors (Lipinski definition) is 1. The Morgan fingerprint density at radius 3 is 2.31 bits per heavy atom. The predicted molar refractivity (Wildman–Crippen MR) is 106 cm³/mol. The highest BCUT2D eigenvalue weighted by molar-refractivity contribution is 8.00. The normalized spacial score (nSPS) is 10.5. The molecule has 0 fully saturated rings. The molecule has 0 heterocycles. The Bertz CT molecular complexity index is 888. The number of benzene rings is 3. The van der Waals surface area contributed by atoms with Crippen LogP contribution >= 0.6 is 11.8 Å². The fraction of sp³-hybridized carbons (Fsp3) is 0.190. The van der Waals surface area contributed by atoms with Gasteiger partial charge in [-0.3, -0.25) is 4.79 Å². The van der Waals surface area contributed by atoms with E-state index in [-0.39, 0.29) is 5.91 Å². The Balaban J connectivity index is 1.55. The van der Waals surface area contributed by atoms with E-state index < -0.39 is 0 Å². The van der Waals surface area contributed by atoms with Gasteiger partial charge in [0.05, 0.1) is 20.0 Å². The zero-order valence-electron chi connectivity index (χ0n) is 14.8. The lowest BCUT2D eigenvalue weighted by atomic mass is 10.1. The van der Waals surface area contributed by atoms with Gasteiger partial charge in [-0.2, -0.15) is 0 Å². The third kappa shape index (κ3) is 4.70. The number of methoxy groups -OCH3 is 2. The van der Waals surface area contributed by atoms with Gasteiger partial charge in [0.25, 0.3) is 0 Å². The number of nitrogens with one attached hydrogen (secondary N) is 1. The number of rotatable bonds is 7. The Labute approximate surface area is 157 Å². The highest BCUT2D eigenvalue weighted by Crippen LogP contribution is 2.24. The first-order valence-electron chi connectivity index (χ1n) is 8.28. The molecule has 0 unspecified atom stereocenters. The van der Waals surface area contributed by atoms with Crippen LogP contribution in [0.25, 0.3) is 10.8 Å². The van der Waals surface area contributed by atoms with Gasteiger partial charge in [-0.25, -0.2) is 0 Å². The van der Waals surface area contributed by atoms with Crippen LogP contribution in [0.2, 0.25) is 0 Å². The first kappa shape index (κ1) is 18.1. The number of carbonyl (C=O) groups is 1. The molecule has 1 N–H and O–H groups in total. The van der Waals surface area contributed by atoms with E-state index in [9.17, 15) is 4.79 Å². The summed E-state index contributed by atoms with van der Waals surface area (Å²) in [4.78, 5) is 13.3. The molecule has 0 atom stereocenters. The summed E-state index contributed by atoms with van der Waals surface area (Å²) in [6, 6.07) is 20.0. The molecule has 0 aromatic heterocycles. The number of hydrogen-bond acceptors (Lipinski definition) is 4. The summed E-state index contributed by atoms with van der Waals surface area (Å²) in [5, 5.41) is 5.32. The Kier molecular flexibility index (Phi) is 6.02. The van der Waals surface area contributed by atoms with Gasteiger partial charge >= 0.3 is 0 Å². The van der Waals surface area contributed by atoms with Gasteiger partial charge in [0.15, 0.2) is 0 Å². The van der Waals surface area contributed by atoms with Gasteiger partial charge in [0.1, 0.15) is 11.5 Å². The number of carbonyl (C=O) groups excluding carboxylic acids is 1. The molecule has 26 heavy (non-hydrogen) atoms. The highest BCUT2D eigenvalue weighted by Gasteiger charge is 2.06. The van der Waals surface area contributed by atoms with Gasteiger partial charge in [0.2, 0.25) is 5.91 Å². The second kappa shape index (κ2) is 8.63. The van der Waals surface area contributed by atoms with E-state index in [1.165, 1.54) is 22.5 Å². The molecular formula is C21H21NO3S. The van der Waals surface area contributed by atoms with E-state index in [1.54, 1.807) is 20.3 Å². The maximum Gasteiger partial charge on any atom is 0.230 e. The topological polar surface area (TPSA) is 47.6 Å². The molecule has 1 amide bonds. The average Bonchev–Trinajstić information content (AvgIpc) is 2.70. The Hall–Kier alpha value is -2.66. The van der Waals surface area contributed by atoms with Crippen molar-refractivity contribution >= 4 is 28.4 Å². The lowest BCUT2D eigenvalue weighted by molar-refractivity contribution is -0.118. The quantitative estimate of drug-likeness (QED) is 0.634. The molecule has 0 aliphatic carbocycles. The molecular weight excluding hydrogens is 346 g/mol. The van der Waals surface area contributed by atoms with Crippen molar-refractivity contribution in [1.29, 1.82) is 0 Å². The van der Waals surface area contributed by atoms with Crippen molar-refractivity contribution in [3.8, 4) is 11.5 Å². The molecule has 0 saturated carbocycles.